The third-order valence-corrected chi connectivity index (χ3v) is 14.5. The number of unbranched alkanes of at least 4 members (excludes halogenated alkanes) is 22. The molecule has 12 nitrogen and oxygen atoms in total. The Hall–Kier alpha value is -4.88. The highest BCUT2D eigenvalue weighted by atomic mass is 16.7. The standard InChI is InChI=1S/C73H118O12/c1-4-7-10-13-16-19-22-25-28-31-33-36-38-41-44-47-50-53-56-59-65(74)81-62-64(83-66(75)60-57-54-51-48-45-42-39-35-30-27-24-21-18-15-12-9-6-3)63-82-73-71(69(78)68(77)70(85-73)72(79)80)84-67(76)61-58-55-52-49-46-43-40-37-34-32-29-26-23-20-17-14-11-8-5-2/h7-8,10-11,16-21,25-30,33-34,36-37,64,68-71,73,77-78H,4-6,9,12-15,22-24,31-32,35,38-63H2,1-3H3,(H,79,80)/b10-7-,11-8-,19-16-,20-17-,21-18-,28-25-,29-26-,30-27-,36-33-,37-34-. The number of carbonyl (C=O) groups is 4. The molecule has 1 fully saturated rings. The molecule has 0 aromatic rings. The smallest absolute Gasteiger partial charge is 0.335 e. The second kappa shape index (κ2) is 59.5. The Morgan fingerprint density at radius 3 is 1.13 bits per heavy atom. The number of carboxylic acids is 1. The number of allylic oxidation sites excluding steroid dienone is 20. The van der Waals surface area contributed by atoms with Gasteiger partial charge in [0.25, 0.3) is 0 Å². The SMILES string of the molecule is CC/C=C\C/C=C\C/C=C\C/C=C\CCCCCCCCC(=O)OCC(COC1OC(C(=O)O)C(O)C(O)C1OC(=O)CCCCCCCC/C=C\C/C=C\C/C=C\C/C=C\CC)OC(=O)CCCCCCCCC/C=C\C/C=C\CCCCC. The summed E-state index contributed by atoms with van der Waals surface area (Å²) in [7, 11) is 0. The molecule has 1 rings (SSSR count). The number of carboxylic acid groups (broad SMARTS) is 1. The van der Waals surface area contributed by atoms with Crippen molar-refractivity contribution in [1.82, 2.24) is 0 Å². The first-order valence-corrected chi connectivity index (χ1v) is 33.5. The Labute approximate surface area is 516 Å². The van der Waals surface area contributed by atoms with Crippen molar-refractivity contribution in [2.24, 2.45) is 0 Å². The van der Waals surface area contributed by atoms with E-state index in [1.165, 1.54) is 19.3 Å². The van der Waals surface area contributed by atoms with Crippen molar-refractivity contribution in [2.45, 2.75) is 302 Å². The molecule has 1 heterocycles. The number of ether oxygens (including phenoxy) is 5. The first-order chi connectivity index (χ1) is 41.6. The van der Waals surface area contributed by atoms with Gasteiger partial charge in [-0.25, -0.2) is 4.79 Å². The Bertz CT molecular complexity index is 1940. The van der Waals surface area contributed by atoms with Gasteiger partial charge in [-0.3, -0.25) is 14.4 Å². The van der Waals surface area contributed by atoms with E-state index in [0.717, 1.165) is 186 Å². The molecule has 0 saturated carbocycles. The molecule has 0 spiro atoms. The molecule has 3 N–H and O–H groups in total. The maximum Gasteiger partial charge on any atom is 0.335 e. The zero-order chi connectivity index (χ0) is 61.7. The van der Waals surface area contributed by atoms with Crippen molar-refractivity contribution in [3.63, 3.8) is 0 Å². The van der Waals surface area contributed by atoms with E-state index < -0.39 is 67.3 Å². The molecule has 1 aliphatic rings. The summed E-state index contributed by atoms with van der Waals surface area (Å²) in [5.41, 5.74) is 0. The number of aliphatic hydroxyl groups is 2. The molecule has 0 radical (unpaired) electrons. The summed E-state index contributed by atoms with van der Waals surface area (Å²) in [6, 6.07) is 0. The van der Waals surface area contributed by atoms with E-state index in [-0.39, 0.29) is 25.9 Å². The minimum Gasteiger partial charge on any atom is -0.479 e. The van der Waals surface area contributed by atoms with Crippen molar-refractivity contribution in [2.75, 3.05) is 13.2 Å². The van der Waals surface area contributed by atoms with E-state index in [0.29, 0.717) is 19.3 Å². The highest BCUT2D eigenvalue weighted by Crippen LogP contribution is 2.26. The molecule has 482 valence electrons. The second-order valence-electron chi connectivity index (χ2n) is 22.3. The topological polar surface area (TPSA) is 175 Å². The van der Waals surface area contributed by atoms with Gasteiger partial charge in [-0.2, -0.15) is 0 Å². The van der Waals surface area contributed by atoms with Gasteiger partial charge >= 0.3 is 23.9 Å². The van der Waals surface area contributed by atoms with E-state index in [4.69, 9.17) is 23.7 Å². The first-order valence-electron chi connectivity index (χ1n) is 33.5. The quantitative estimate of drug-likeness (QED) is 0.0228. The summed E-state index contributed by atoms with van der Waals surface area (Å²) in [6.45, 7) is 5.74. The minimum absolute atomic E-state index is 0.0361. The fraction of sp³-hybridized carbons (Fsp3) is 0.671. The van der Waals surface area contributed by atoms with Crippen molar-refractivity contribution in [1.29, 1.82) is 0 Å². The van der Waals surface area contributed by atoms with Crippen LogP contribution in [0.1, 0.15) is 265 Å². The van der Waals surface area contributed by atoms with Gasteiger partial charge in [-0.15, -0.1) is 0 Å². The molecule has 0 amide bonds. The van der Waals surface area contributed by atoms with Gasteiger partial charge in [0.15, 0.2) is 24.6 Å². The van der Waals surface area contributed by atoms with Gasteiger partial charge in [0.05, 0.1) is 6.61 Å². The molecule has 1 aliphatic heterocycles. The zero-order valence-electron chi connectivity index (χ0n) is 53.3. The van der Waals surface area contributed by atoms with Gasteiger partial charge in [0.1, 0.15) is 18.8 Å². The van der Waals surface area contributed by atoms with E-state index in [9.17, 15) is 34.5 Å². The predicted molar refractivity (Wildman–Crippen MR) is 349 cm³/mol. The highest BCUT2D eigenvalue weighted by molar-refractivity contribution is 5.74. The van der Waals surface area contributed by atoms with E-state index in [2.05, 4.69) is 142 Å². The van der Waals surface area contributed by atoms with Crippen LogP contribution in [0.2, 0.25) is 0 Å². The van der Waals surface area contributed by atoms with Crippen LogP contribution >= 0.6 is 0 Å². The molecule has 0 aliphatic carbocycles. The predicted octanol–water partition coefficient (Wildman–Crippen LogP) is 18.3. The Morgan fingerprint density at radius 1 is 0.400 bits per heavy atom. The number of hydrogen-bond donors (Lipinski definition) is 3. The lowest BCUT2D eigenvalue weighted by atomic mass is 9.98. The maximum atomic E-state index is 13.2. The second-order valence-corrected chi connectivity index (χ2v) is 22.3. The molecule has 12 heteroatoms. The molecule has 0 aromatic heterocycles. The lowest BCUT2D eigenvalue weighted by molar-refractivity contribution is -0.301. The van der Waals surface area contributed by atoms with Crippen molar-refractivity contribution < 1.29 is 58.2 Å². The Balaban J connectivity index is 2.68. The molecule has 1 saturated heterocycles. The number of carbonyl (C=O) groups excluding carboxylic acids is 3. The van der Waals surface area contributed by atoms with Crippen LogP contribution in [0.25, 0.3) is 0 Å². The van der Waals surface area contributed by atoms with Gasteiger partial charge in [0.2, 0.25) is 0 Å². The Morgan fingerprint density at radius 2 is 0.741 bits per heavy atom. The molecule has 6 unspecified atom stereocenters. The van der Waals surface area contributed by atoms with Crippen LogP contribution in [-0.2, 0) is 42.9 Å². The molecule has 0 bridgehead atoms. The molecule has 6 atom stereocenters. The normalized spacial score (nSPS) is 18.2. The van der Waals surface area contributed by atoms with Crippen molar-refractivity contribution in [3.05, 3.63) is 122 Å². The monoisotopic (exact) mass is 1190 g/mol. The number of aliphatic hydroxyl groups excluding tert-OH is 2. The average molecular weight is 1190 g/mol. The average Bonchev–Trinajstić information content (AvgIpc) is 3.51. The van der Waals surface area contributed by atoms with E-state index in [1.54, 1.807) is 0 Å². The first kappa shape index (κ1) is 78.1. The maximum absolute atomic E-state index is 13.2. The molecule has 85 heavy (non-hydrogen) atoms. The highest BCUT2D eigenvalue weighted by Gasteiger charge is 2.50. The van der Waals surface area contributed by atoms with Crippen LogP contribution in [0.3, 0.4) is 0 Å². The third-order valence-electron chi connectivity index (χ3n) is 14.5. The Kier molecular flexibility index (Phi) is 54.6. The number of esters is 3. The molecular formula is C73H118O12. The molecule has 0 aromatic carbocycles. The van der Waals surface area contributed by atoms with E-state index in [1.807, 2.05) is 0 Å². The fourth-order valence-corrected chi connectivity index (χ4v) is 9.44. The van der Waals surface area contributed by atoms with Crippen LogP contribution < -0.4 is 0 Å². The summed E-state index contributed by atoms with van der Waals surface area (Å²) < 4.78 is 28.6. The van der Waals surface area contributed by atoms with Crippen molar-refractivity contribution >= 4 is 23.9 Å². The number of hydrogen-bond acceptors (Lipinski definition) is 11. The number of rotatable bonds is 56. The van der Waals surface area contributed by atoms with Gasteiger partial charge in [-0.1, -0.05) is 239 Å². The van der Waals surface area contributed by atoms with Crippen LogP contribution in [0.5, 0.6) is 0 Å². The summed E-state index contributed by atoms with van der Waals surface area (Å²) in [6.07, 6.45) is 70.0. The van der Waals surface area contributed by atoms with Crippen LogP contribution in [0.4, 0.5) is 0 Å². The lowest BCUT2D eigenvalue weighted by Gasteiger charge is -2.40. The molecular weight excluding hydrogens is 1070 g/mol. The van der Waals surface area contributed by atoms with Crippen molar-refractivity contribution in [3.8, 4) is 0 Å². The van der Waals surface area contributed by atoms with Gasteiger partial charge < -0.3 is 39.0 Å². The summed E-state index contributed by atoms with van der Waals surface area (Å²) in [5.74, 6) is -3.17. The van der Waals surface area contributed by atoms with Gasteiger partial charge in [0, 0.05) is 19.3 Å². The zero-order valence-corrected chi connectivity index (χ0v) is 53.3. The lowest BCUT2D eigenvalue weighted by Crippen LogP contribution is -2.61. The third kappa shape index (κ3) is 48.9. The summed E-state index contributed by atoms with van der Waals surface area (Å²) in [5, 5.41) is 31.6. The van der Waals surface area contributed by atoms with Crippen LogP contribution in [-0.4, -0.2) is 89.2 Å². The number of aliphatic carboxylic acids is 1. The largest absolute Gasteiger partial charge is 0.479 e. The van der Waals surface area contributed by atoms with Crippen LogP contribution in [0, 0.1) is 0 Å². The van der Waals surface area contributed by atoms with Gasteiger partial charge in [-0.05, 0) is 128 Å². The van der Waals surface area contributed by atoms with E-state index >= 15 is 0 Å². The minimum atomic E-state index is -1.92. The summed E-state index contributed by atoms with van der Waals surface area (Å²) >= 11 is 0. The fourth-order valence-electron chi connectivity index (χ4n) is 9.44. The van der Waals surface area contributed by atoms with Crippen LogP contribution in [0.15, 0.2) is 122 Å². The summed E-state index contributed by atoms with van der Waals surface area (Å²) in [4.78, 5) is 51.4.